The van der Waals surface area contributed by atoms with Crippen LogP contribution in [0, 0.1) is 10.1 Å². The fourth-order valence-electron chi connectivity index (χ4n) is 1.17. The van der Waals surface area contributed by atoms with E-state index in [-0.39, 0.29) is 30.5 Å². The van der Waals surface area contributed by atoms with Gasteiger partial charge in [-0.25, -0.2) is 9.59 Å². The molecule has 0 atom stereocenters. The normalized spacial score (nSPS) is 8.48. The quantitative estimate of drug-likeness (QED) is 0.331. The van der Waals surface area contributed by atoms with Gasteiger partial charge < -0.3 is 30.4 Å². The Morgan fingerprint density at radius 3 is 2.08 bits per heavy atom. The number of hydrogen-bond acceptors (Lipinski definition) is 10. The van der Waals surface area contributed by atoms with Gasteiger partial charge in [-0.2, -0.15) is 5.10 Å². The number of nitro groups is 1. The Bertz CT molecular complexity index is 681. The van der Waals surface area contributed by atoms with Gasteiger partial charge in [0.25, 0.3) is 0 Å². The molecule has 0 aliphatic rings. The van der Waals surface area contributed by atoms with Crippen molar-refractivity contribution in [3.63, 3.8) is 0 Å². The third-order valence-corrected chi connectivity index (χ3v) is 2.16. The van der Waals surface area contributed by atoms with Crippen molar-refractivity contribution in [3.8, 4) is 0 Å². The van der Waals surface area contributed by atoms with Gasteiger partial charge in [-0.1, -0.05) is 12.5 Å². The predicted molar refractivity (Wildman–Crippen MR) is 85.8 cm³/mol. The molecule has 0 bridgehead atoms. The Morgan fingerprint density at radius 2 is 1.72 bits per heavy atom. The molecule has 25 heavy (non-hydrogen) atoms. The van der Waals surface area contributed by atoms with Crippen LogP contribution >= 0.6 is 0 Å². The zero-order chi connectivity index (χ0) is 18.7. The molecule has 0 saturated carbocycles. The molecule has 0 spiro atoms. The highest BCUT2D eigenvalue weighted by Gasteiger charge is 2.16. The smallest absolute Gasteiger partial charge is 0.360 e. The Morgan fingerprint density at radius 1 is 1.16 bits per heavy atom. The Hall–Kier alpha value is -3.48. The summed E-state index contributed by atoms with van der Waals surface area (Å²) in [5, 5.41) is 28.5. The van der Waals surface area contributed by atoms with E-state index in [2.05, 4.69) is 29.9 Å². The molecular formula is C12H20N6O7. The monoisotopic (exact) mass is 360 g/mol. The number of aliphatic hydroxyl groups excluding tert-OH is 1. The molecule has 13 nitrogen and oxygen atoms in total. The molecule has 0 fully saturated rings. The third kappa shape index (κ3) is 7.56. The van der Waals surface area contributed by atoms with Gasteiger partial charge in [-0.05, 0) is 4.92 Å². The lowest BCUT2D eigenvalue weighted by Gasteiger charge is -1.90. The average molecular weight is 360 g/mol. The standard InChI is InChI=1S/C5H5N3O4.C5H7N3O2.CH4O.CH4/c1-12-5(9)3-2-4(7-6-3)8(10)11;1-10-5(9)3-2-4(6)8-7-3;1-2;/h2H,1H3,(H,6,7);2H,1H3,(H3,6,7,8);2H,1H3;1H4. The number of carbonyl (C=O) groups is 2. The number of aromatic amines is 2. The molecule has 0 aliphatic carbocycles. The molecule has 5 N–H and O–H groups in total. The second-order valence-electron chi connectivity index (χ2n) is 3.59. The van der Waals surface area contributed by atoms with E-state index in [4.69, 9.17) is 10.8 Å². The summed E-state index contributed by atoms with van der Waals surface area (Å²) >= 11 is 0. The van der Waals surface area contributed by atoms with Crippen molar-refractivity contribution >= 4 is 23.6 Å². The number of H-pyrrole nitrogens is 2. The van der Waals surface area contributed by atoms with E-state index in [1.54, 1.807) is 0 Å². The summed E-state index contributed by atoms with van der Waals surface area (Å²) in [6.45, 7) is 0. The van der Waals surface area contributed by atoms with E-state index >= 15 is 0 Å². The van der Waals surface area contributed by atoms with Gasteiger partial charge in [0.05, 0.1) is 20.3 Å². The number of nitrogen functional groups attached to an aromatic ring is 1. The first-order valence-electron chi connectivity index (χ1n) is 6.01. The lowest BCUT2D eigenvalue weighted by molar-refractivity contribution is -0.389. The van der Waals surface area contributed by atoms with Crippen molar-refractivity contribution < 1.29 is 29.1 Å². The van der Waals surface area contributed by atoms with Crippen LogP contribution in [-0.4, -0.2) is 63.7 Å². The summed E-state index contributed by atoms with van der Waals surface area (Å²) in [6.07, 6.45) is 0. The first-order valence-corrected chi connectivity index (χ1v) is 6.01. The molecule has 0 aromatic carbocycles. The highest BCUT2D eigenvalue weighted by Crippen LogP contribution is 2.08. The van der Waals surface area contributed by atoms with Crippen LogP contribution < -0.4 is 5.73 Å². The van der Waals surface area contributed by atoms with Crippen LogP contribution in [0.5, 0.6) is 0 Å². The number of esters is 2. The molecular weight excluding hydrogens is 340 g/mol. The van der Waals surface area contributed by atoms with Gasteiger partial charge in [0.15, 0.2) is 5.69 Å². The molecule has 0 unspecified atom stereocenters. The first-order chi connectivity index (χ1) is 11.4. The maximum absolute atomic E-state index is 10.7. The lowest BCUT2D eigenvalue weighted by Crippen LogP contribution is -2.00. The fraction of sp³-hybridized carbons (Fsp3) is 0.333. The zero-order valence-electron chi connectivity index (χ0n) is 13.0. The molecule has 2 aromatic heterocycles. The summed E-state index contributed by atoms with van der Waals surface area (Å²) in [5.74, 6) is -1.24. The molecule has 0 aliphatic heterocycles. The Labute approximate surface area is 142 Å². The van der Waals surface area contributed by atoms with Gasteiger partial charge in [-0.15, -0.1) is 5.10 Å². The second kappa shape index (κ2) is 12.0. The Balaban J connectivity index is 0. The van der Waals surface area contributed by atoms with Gasteiger partial charge in [-0.3, -0.25) is 5.10 Å². The van der Waals surface area contributed by atoms with Crippen LogP contribution in [0.1, 0.15) is 28.4 Å². The molecule has 2 aromatic rings. The zero-order valence-corrected chi connectivity index (χ0v) is 13.0. The van der Waals surface area contributed by atoms with Crippen LogP contribution in [0.15, 0.2) is 12.1 Å². The molecule has 2 rings (SSSR count). The van der Waals surface area contributed by atoms with Crippen molar-refractivity contribution in [3.05, 3.63) is 33.6 Å². The number of anilines is 1. The van der Waals surface area contributed by atoms with Crippen LogP contribution in [0.3, 0.4) is 0 Å². The predicted octanol–water partition coefficient (Wildman–Crippen LogP) is 0.128. The second-order valence-corrected chi connectivity index (χ2v) is 3.59. The lowest BCUT2D eigenvalue weighted by atomic mass is 10.4. The number of nitrogens with one attached hydrogen (secondary N) is 2. The highest BCUT2D eigenvalue weighted by atomic mass is 16.6. The van der Waals surface area contributed by atoms with E-state index < -0.39 is 16.9 Å². The van der Waals surface area contributed by atoms with Crippen LogP contribution in [0.4, 0.5) is 11.6 Å². The molecule has 0 saturated heterocycles. The number of carbonyl (C=O) groups excluding carboxylic acids is 2. The average Bonchev–Trinajstić information content (AvgIpc) is 3.25. The summed E-state index contributed by atoms with van der Waals surface area (Å²) < 4.78 is 8.67. The van der Waals surface area contributed by atoms with Gasteiger partial charge in [0.2, 0.25) is 0 Å². The highest BCUT2D eigenvalue weighted by molar-refractivity contribution is 5.88. The van der Waals surface area contributed by atoms with E-state index in [0.717, 1.165) is 13.2 Å². The van der Waals surface area contributed by atoms with Crippen LogP contribution in [-0.2, 0) is 9.47 Å². The van der Waals surface area contributed by atoms with Crippen molar-refractivity contribution in [1.82, 2.24) is 20.4 Å². The van der Waals surface area contributed by atoms with Crippen molar-refractivity contribution in [2.24, 2.45) is 0 Å². The fourth-order valence-corrected chi connectivity index (χ4v) is 1.17. The van der Waals surface area contributed by atoms with E-state index in [0.29, 0.717) is 0 Å². The number of aliphatic hydroxyl groups is 1. The summed E-state index contributed by atoms with van der Waals surface area (Å²) in [5.41, 5.74) is 5.38. The van der Waals surface area contributed by atoms with Crippen LogP contribution in [0.25, 0.3) is 0 Å². The topological polar surface area (TPSA) is 199 Å². The molecule has 0 radical (unpaired) electrons. The summed E-state index contributed by atoms with van der Waals surface area (Å²) in [4.78, 5) is 30.8. The SMILES string of the molecule is C.CO.COC(=O)c1cc(N)n[nH]1.COC(=O)c1cc([N+](=O)[O-])[nH]n1. The molecule has 13 heteroatoms. The van der Waals surface area contributed by atoms with E-state index in [1.165, 1.54) is 20.3 Å². The maximum atomic E-state index is 10.7. The number of aromatic nitrogens is 4. The summed E-state index contributed by atoms with van der Waals surface area (Å²) in [7, 11) is 3.46. The summed E-state index contributed by atoms with van der Waals surface area (Å²) in [6, 6.07) is 2.41. The van der Waals surface area contributed by atoms with E-state index in [1.807, 2.05) is 0 Å². The van der Waals surface area contributed by atoms with Gasteiger partial charge >= 0.3 is 17.8 Å². The minimum atomic E-state index is -0.709. The van der Waals surface area contributed by atoms with Crippen molar-refractivity contribution in [2.75, 3.05) is 27.1 Å². The molecule has 0 amide bonds. The largest absolute Gasteiger partial charge is 0.464 e. The number of methoxy groups -OCH3 is 2. The van der Waals surface area contributed by atoms with Gasteiger partial charge in [0.1, 0.15) is 11.5 Å². The number of ether oxygens (including phenoxy) is 2. The number of nitrogens with two attached hydrogens (primary N) is 1. The third-order valence-electron chi connectivity index (χ3n) is 2.16. The minimum Gasteiger partial charge on any atom is -0.464 e. The van der Waals surface area contributed by atoms with Crippen LogP contribution in [0.2, 0.25) is 0 Å². The number of hydrogen-bond donors (Lipinski definition) is 4. The Kier molecular flexibility index (Phi) is 11.4. The minimum absolute atomic E-state index is 0. The molecule has 2 heterocycles. The number of rotatable bonds is 3. The van der Waals surface area contributed by atoms with Gasteiger partial charge in [0, 0.05) is 13.2 Å². The van der Waals surface area contributed by atoms with Crippen molar-refractivity contribution in [1.29, 1.82) is 0 Å². The van der Waals surface area contributed by atoms with E-state index in [9.17, 15) is 19.7 Å². The van der Waals surface area contributed by atoms with Crippen molar-refractivity contribution in [2.45, 2.75) is 7.43 Å². The number of nitrogens with zero attached hydrogens (tertiary/aromatic N) is 3. The molecule has 140 valence electrons. The maximum Gasteiger partial charge on any atom is 0.360 e. The first kappa shape index (κ1) is 23.8.